The summed E-state index contributed by atoms with van der Waals surface area (Å²) in [5.74, 6) is 0.127. The lowest BCUT2D eigenvalue weighted by atomic mass is 9.94. The van der Waals surface area contributed by atoms with Crippen molar-refractivity contribution in [2.24, 2.45) is 17.8 Å². The van der Waals surface area contributed by atoms with Crippen molar-refractivity contribution < 1.29 is 14.7 Å². The predicted molar refractivity (Wildman–Crippen MR) is 83.1 cm³/mol. The molecule has 120 valence electrons. The molecule has 0 aromatic heterocycles. The summed E-state index contributed by atoms with van der Waals surface area (Å²) in [6, 6.07) is -0.191. The van der Waals surface area contributed by atoms with Gasteiger partial charge in [-0.15, -0.1) is 0 Å². The Bertz CT molecular complexity index is 367. The highest BCUT2D eigenvalue weighted by Crippen LogP contribution is 2.17. The molecule has 0 bridgehead atoms. The lowest BCUT2D eigenvalue weighted by Crippen LogP contribution is -2.41. The van der Waals surface area contributed by atoms with E-state index in [2.05, 4.69) is 36.6 Å². The number of aliphatic carboxylic acids is 1. The molecule has 1 aliphatic rings. The van der Waals surface area contributed by atoms with Crippen LogP contribution in [0.4, 0.5) is 4.79 Å². The number of urea groups is 1. The third-order valence-corrected chi connectivity index (χ3v) is 3.75. The van der Waals surface area contributed by atoms with E-state index in [0.717, 1.165) is 25.7 Å². The van der Waals surface area contributed by atoms with Crippen LogP contribution in [0.3, 0.4) is 0 Å². The van der Waals surface area contributed by atoms with E-state index in [1.165, 1.54) is 0 Å². The van der Waals surface area contributed by atoms with Crippen molar-refractivity contribution in [1.29, 1.82) is 0 Å². The van der Waals surface area contributed by atoms with Gasteiger partial charge in [-0.1, -0.05) is 26.0 Å². The number of allylic oxidation sites excluding steroid dienone is 2. The zero-order valence-corrected chi connectivity index (χ0v) is 13.1. The van der Waals surface area contributed by atoms with Crippen molar-refractivity contribution in [1.82, 2.24) is 10.6 Å². The van der Waals surface area contributed by atoms with E-state index in [1.54, 1.807) is 0 Å². The van der Waals surface area contributed by atoms with Gasteiger partial charge in [-0.25, -0.2) is 4.79 Å². The Morgan fingerprint density at radius 3 is 2.62 bits per heavy atom. The maximum Gasteiger partial charge on any atom is 0.314 e. The molecule has 2 amide bonds. The van der Waals surface area contributed by atoms with E-state index < -0.39 is 5.97 Å². The van der Waals surface area contributed by atoms with E-state index in [4.69, 9.17) is 5.11 Å². The van der Waals surface area contributed by atoms with Crippen molar-refractivity contribution >= 4 is 12.0 Å². The molecule has 2 atom stereocenters. The molecule has 0 heterocycles. The van der Waals surface area contributed by atoms with Crippen LogP contribution in [-0.2, 0) is 4.79 Å². The number of carboxylic acid groups (broad SMARTS) is 1. The van der Waals surface area contributed by atoms with Gasteiger partial charge >= 0.3 is 12.0 Å². The van der Waals surface area contributed by atoms with Gasteiger partial charge in [-0.2, -0.15) is 0 Å². The molecule has 1 aliphatic carbocycles. The lowest BCUT2D eigenvalue weighted by molar-refractivity contribution is -0.138. The summed E-state index contributed by atoms with van der Waals surface area (Å²) in [5.41, 5.74) is 0. The van der Waals surface area contributed by atoms with Gasteiger partial charge in [0.15, 0.2) is 0 Å². The highest BCUT2D eigenvalue weighted by Gasteiger charge is 2.16. The molecule has 0 saturated carbocycles. The molecule has 21 heavy (non-hydrogen) atoms. The molecule has 0 radical (unpaired) electrons. The van der Waals surface area contributed by atoms with Gasteiger partial charge in [-0.3, -0.25) is 4.79 Å². The Morgan fingerprint density at radius 2 is 2.05 bits per heavy atom. The highest BCUT2D eigenvalue weighted by molar-refractivity contribution is 5.74. The van der Waals surface area contributed by atoms with Gasteiger partial charge in [0, 0.05) is 19.5 Å². The van der Waals surface area contributed by atoms with Crippen LogP contribution in [-0.4, -0.2) is 30.2 Å². The first-order chi connectivity index (χ1) is 9.97. The van der Waals surface area contributed by atoms with Gasteiger partial charge in [0.05, 0.1) is 0 Å². The molecule has 5 nitrogen and oxygen atoms in total. The number of amides is 2. The number of carbonyl (C=O) groups excluding carboxylic acids is 1. The van der Waals surface area contributed by atoms with Crippen LogP contribution in [0, 0.1) is 17.8 Å². The van der Waals surface area contributed by atoms with Crippen LogP contribution in [0.1, 0.15) is 46.0 Å². The maximum atomic E-state index is 11.8. The summed E-state index contributed by atoms with van der Waals surface area (Å²) in [5, 5.41) is 14.6. The van der Waals surface area contributed by atoms with E-state index in [1.807, 2.05) is 0 Å². The summed E-state index contributed by atoms with van der Waals surface area (Å²) in [6.45, 7) is 5.22. The summed E-state index contributed by atoms with van der Waals surface area (Å²) < 4.78 is 0. The number of rotatable bonds is 8. The molecule has 0 aromatic rings. The first-order valence-corrected chi connectivity index (χ1v) is 7.85. The highest BCUT2D eigenvalue weighted by atomic mass is 16.4. The van der Waals surface area contributed by atoms with Crippen molar-refractivity contribution in [3.63, 3.8) is 0 Å². The molecule has 0 aromatic carbocycles. The third-order valence-electron chi connectivity index (χ3n) is 3.75. The lowest BCUT2D eigenvalue weighted by Gasteiger charge is -2.20. The number of nitrogens with one attached hydrogen (secondary N) is 2. The zero-order chi connectivity index (χ0) is 15.7. The van der Waals surface area contributed by atoms with E-state index in [-0.39, 0.29) is 18.4 Å². The Morgan fingerprint density at radius 1 is 1.29 bits per heavy atom. The standard InChI is InChI=1S/C16H28N2O3/c1-12(2)8-14(9-15(19)20)11-18-16(21)17-10-13-6-4-3-5-7-13/h3-4,12-14H,5-11H2,1-2H3,(H,19,20)(H2,17,18,21). The van der Waals surface area contributed by atoms with Crippen molar-refractivity contribution in [2.45, 2.75) is 46.0 Å². The second kappa shape index (κ2) is 9.42. The number of carbonyl (C=O) groups is 2. The van der Waals surface area contributed by atoms with Crippen molar-refractivity contribution in [2.75, 3.05) is 13.1 Å². The fraction of sp³-hybridized carbons (Fsp3) is 0.750. The predicted octanol–water partition coefficient (Wildman–Crippen LogP) is 2.78. The molecular formula is C16H28N2O3. The number of carboxylic acids is 1. The van der Waals surface area contributed by atoms with Gasteiger partial charge in [0.1, 0.15) is 0 Å². The summed E-state index contributed by atoms with van der Waals surface area (Å²) in [4.78, 5) is 22.6. The topological polar surface area (TPSA) is 78.4 Å². The van der Waals surface area contributed by atoms with Crippen LogP contribution in [0.2, 0.25) is 0 Å². The molecule has 5 heteroatoms. The smallest absolute Gasteiger partial charge is 0.314 e. The quantitative estimate of drug-likeness (QED) is 0.603. The Balaban J connectivity index is 2.24. The maximum absolute atomic E-state index is 11.8. The Kier molecular flexibility index (Phi) is 7.87. The van der Waals surface area contributed by atoms with Crippen LogP contribution in [0.15, 0.2) is 12.2 Å². The third kappa shape index (κ3) is 8.38. The Labute approximate surface area is 127 Å². The largest absolute Gasteiger partial charge is 0.481 e. The van der Waals surface area contributed by atoms with Gasteiger partial charge in [0.2, 0.25) is 0 Å². The van der Waals surface area contributed by atoms with E-state index in [0.29, 0.717) is 24.9 Å². The molecule has 0 saturated heterocycles. The average molecular weight is 296 g/mol. The molecule has 1 rings (SSSR count). The van der Waals surface area contributed by atoms with Gasteiger partial charge in [-0.05, 0) is 43.4 Å². The zero-order valence-electron chi connectivity index (χ0n) is 13.1. The first kappa shape index (κ1) is 17.5. The van der Waals surface area contributed by atoms with Crippen LogP contribution < -0.4 is 10.6 Å². The normalized spacial score (nSPS) is 19.3. The molecule has 2 unspecified atom stereocenters. The monoisotopic (exact) mass is 296 g/mol. The van der Waals surface area contributed by atoms with Crippen molar-refractivity contribution in [3.8, 4) is 0 Å². The molecule has 3 N–H and O–H groups in total. The fourth-order valence-corrected chi connectivity index (χ4v) is 2.73. The fourth-order valence-electron chi connectivity index (χ4n) is 2.73. The second-order valence-corrected chi connectivity index (χ2v) is 6.33. The molecule has 0 spiro atoms. The summed E-state index contributed by atoms with van der Waals surface area (Å²) in [7, 11) is 0. The minimum atomic E-state index is -0.808. The van der Waals surface area contributed by atoms with Crippen molar-refractivity contribution in [3.05, 3.63) is 12.2 Å². The molecular weight excluding hydrogens is 268 g/mol. The molecule has 0 aliphatic heterocycles. The summed E-state index contributed by atoms with van der Waals surface area (Å²) in [6.07, 6.45) is 8.48. The minimum absolute atomic E-state index is 0.00846. The van der Waals surface area contributed by atoms with Gasteiger partial charge < -0.3 is 15.7 Å². The van der Waals surface area contributed by atoms with Crippen LogP contribution in [0.25, 0.3) is 0 Å². The average Bonchev–Trinajstić information content (AvgIpc) is 2.42. The Hall–Kier alpha value is -1.52. The SMILES string of the molecule is CC(C)CC(CNC(=O)NCC1CC=CCC1)CC(=O)O. The van der Waals surface area contributed by atoms with E-state index >= 15 is 0 Å². The van der Waals surface area contributed by atoms with Crippen LogP contribution in [0.5, 0.6) is 0 Å². The number of hydrogen-bond acceptors (Lipinski definition) is 2. The second-order valence-electron chi connectivity index (χ2n) is 6.33. The van der Waals surface area contributed by atoms with Crippen LogP contribution >= 0.6 is 0 Å². The molecule has 0 fully saturated rings. The number of hydrogen-bond donors (Lipinski definition) is 3. The first-order valence-electron chi connectivity index (χ1n) is 7.85. The summed E-state index contributed by atoms with van der Waals surface area (Å²) >= 11 is 0. The van der Waals surface area contributed by atoms with E-state index in [9.17, 15) is 9.59 Å². The van der Waals surface area contributed by atoms with Gasteiger partial charge in [0.25, 0.3) is 0 Å². The minimum Gasteiger partial charge on any atom is -0.481 e.